The van der Waals surface area contributed by atoms with Crippen molar-refractivity contribution in [3.8, 4) is 0 Å². The fourth-order valence-electron chi connectivity index (χ4n) is 3.53. The molecule has 0 radical (unpaired) electrons. The van der Waals surface area contributed by atoms with Gasteiger partial charge in [0.15, 0.2) is 0 Å². The molecule has 0 spiro atoms. The molecule has 1 aliphatic heterocycles. The lowest BCUT2D eigenvalue weighted by molar-refractivity contribution is 0.409. The lowest BCUT2D eigenvalue weighted by Gasteiger charge is -2.26. The number of aromatic nitrogens is 1. The topological polar surface area (TPSA) is 45.4 Å². The van der Waals surface area contributed by atoms with Crippen LogP contribution in [0.2, 0.25) is 0 Å². The van der Waals surface area contributed by atoms with Gasteiger partial charge >= 0.3 is 0 Å². The maximum atomic E-state index is 5.81. The third kappa shape index (κ3) is 2.49. The number of benzene rings is 1. The van der Waals surface area contributed by atoms with Crippen molar-refractivity contribution in [1.82, 2.24) is 9.88 Å². The first-order valence-corrected chi connectivity index (χ1v) is 8.96. The van der Waals surface area contributed by atoms with Gasteiger partial charge in [-0.2, -0.15) is 0 Å². The van der Waals surface area contributed by atoms with E-state index in [1.807, 2.05) is 0 Å². The first-order valence-electron chi connectivity index (χ1n) is 8.08. The van der Waals surface area contributed by atoms with E-state index in [1.165, 1.54) is 21.9 Å². The number of pyridine rings is 1. The van der Waals surface area contributed by atoms with Crippen LogP contribution in [0.4, 0.5) is 5.82 Å². The van der Waals surface area contributed by atoms with Gasteiger partial charge in [-0.05, 0) is 43.1 Å². The third-order valence-corrected chi connectivity index (χ3v) is 5.87. The molecule has 23 heavy (non-hydrogen) atoms. The van der Waals surface area contributed by atoms with Crippen molar-refractivity contribution in [1.29, 1.82) is 0 Å². The normalized spacial score (nSPS) is 19.0. The molecule has 2 N–H and O–H groups in total. The minimum atomic E-state index is 0.533. The van der Waals surface area contributed by atoms with Crippen LogP contribution in [-0.2, 0) is 6.54 Å². The smallest absolute Gasteiger partial charge is 0.138 e. The van der Waals surface area contributed by atoms with Gasteiger partial charge in [0.05, 0.1) is 5.52 Å². The van der Waals surface area contributed by atoms with Gasteiger partial charge in [-0.3, -0.25) is 0 Å². The van der Waals surface area contributed by atoms with E-state index in [1.54, 1.807) is 11.3 Å². The highest BCUT2D eigenvalue weighted by Crippen LogP contribution is 2.36. The van der Waals surface area contributed by atoms with Crippen molar-refractivity contribution in [2.45, 2.75) is 19.0 Å². The summed E-state index contributed by atoms with van der Waals surface area (Å²) in [6, 6.07) is 9.14. The van der Waals surface area contributed by atoms with E-state index in [2.05, 4.69) is 53.5 Å². The fraction of sp³-hybridized carbons (Fsp3) is 0.389. The Morgan fingerprint density at radius 3 is 2.96 bits per heavy atom. The van der Waals surface area contributed by atoms with Gasteiger partial charge in [-0.15, -0.1) is 11.3 Å². The quantitative estimate of drug-likeness (QED) is 0.803. The molecule has 3 aromatic rings. The Morgan fingerprint density at radius 1 is 1.35 bits per heavy atom. The van der Waals surface area contributed by atoms with E-state index in [9.17, 15) is 0 Å². The molecule has 0 saturated carbocycles. The van der Waals surface area contributed by atoms with Crippen LogP contribution in [-0.4, -0.2) is 43.1 Å². The number of rotatable bonds is 3. The summed E-state index contributed by atoms with van der Waals surface area (Å²) in [5.41, 5.74) is 7.99. The van der Waals surface area contributed by atoms with Gasteiger partial charge in [-0.25, -0.2) is 4.98 Å². The summed E-state index contributed by atoms with van der Waals surface area (Å²) in [6.45, 7) is 2.82. The van der Waals surface area contributed by atoms with Crippen LogP contribution < -0.4 is 10.6 Å². The maximum Gasteiger partial charge on any atom is 0.138 e. The number of likely N-dealkylation sites (tertiary alicyclic amines) is 1. The Labute approximate surface area is 140 Å². The Kier molecular flexibility index (Phi) is 3.71. The minimum absolute atomic E-state index is 0.533. The van der Waals surface area contributed by atoms with Crippen LogP contribution in [0.5, 0.6) is 0 Å². The Morgan fingerprint density at radius 2 is 2.22 bits per heavy atom. The molecule has 1 fully saturated rings. The highest BCUT2D eigenvalue weighted by Gasteiger charge is 2.25. The molecule has 1 aromatic carbocycles. The Hall–Kier alpha value is -1.69. The van der Waals surface area contributed by atoms with Gasteiger partial charge in [-0.1, -0.05) is 12.1 Å². The number of anilines is 1. The monoisotopic (exact) mass is 326 g/mol. The van der Waals surface area contributed by atoms with Crippen molar-refractivity contribution in [3.05, 3.63) is 35.2 Å². The lowest BCUT2D eigenvalue weighted by atomic mass is 10.1. The highest BCUT2D eigenvalue weighted by atomic mass is 32.1. The molecule has 0 aliphatic carbocycles. The standard InChI is InChI=1S/C18H22N4S/c1-21-7-5-13(11-21)22(2)18-15-6-8-23-17(15)14-4-3-12(10-19)9-16(14)20-18/h3-4,6,8-9,13H,5,7,10-11,19H2,1-2H3. The molecule has 120 valence electrons. The van der Waals surface area contributed by atoms with Crippen molar-refractivity contribution in [3.63, 3.8) is 0 Å². The van der Waals surface area contributed by atoms with Crippen molar-refractivity contribution in [2.24, 2.45) is 5.73 Å². The summed E-state index contributed by atoms with van der Waals surface area (Å²) in [5.74, 6) is 1.10. The molecule has 1 atom stereocenters. The predicted octanol–water partition coefficient (Wildman–Crippen LogP) is 3.05. The average molecular weight is 326 g/mol. The Balaban J connectivity index is 1.88. The van der Waals surface area contributed by atoms with Crippen molar-refractivity contribution in [2.75, 3.05) is 32.1 Å². The highest BCUT2D eigenvalue weighted by molar-refractivity contribution is 7.18. The van der Waals surface area contributed by atoms with Crippen LogP contribution in [0.1, 0.15) is 12.0 Å². The number of hydrogen-bond acceptors (Lipinski definition) is 5. The summed E-state index contributed by atoms with van der Waals surface area (Å²) in [7, 11) is 4.37. The summed E-state index contributed by atoms with van der Waals surface area (Å²) in [5, 5.41) is 4.66. The van der Waals surface area contributed by atoms with Crippen LogP contribution in [0.25, 0.3) is 21.0 Å². The first kappa shape index (κ1) is 14.9. The van der Waals surface area contributed by atoms with E-state index in [-0.39, 0.29) is 0 Å². The molecule has 0 amide bonds. The predicted molar refractivity (Wildman–Crippen MR) is 99.3 cm³/mol. The van der Waals surface area contributed by atoms with Crippen molar-refractivity contribution < 1.29 is 0 Å². The molecule has 2 aromatic heterocycles. The molecule has 4 nitrogen and oxygen atoms in total. The summed E-state index contributed by atoms with van der Waals surface area (Å²) in [6.07, 6.45) is 1.20. The van der Waals surface area contributed by atoms with Gasteiger partial charge in [0, 0.05) is 41.7 Å². The molecular formula is C18H22N4S. The van der Waals surface area contributed by atoms with Gasteiger partial charge < -0.3 is 15.5 Å². The number of hydrogen-bond donors (Lipinski definition) is 1. The van der Waals surface area contributed by atoms with Crippen LogP contribution >= 0.6 is 11.3 Å². The molecule has 3 heterocycles. The molecule has 5 heteroatoms. The van der Waals surface area contributed by atoms with Crippen LogP contribution in [0.3, 0.4) is 0 Å². The van der Waals surface area contributed by atoms with E-state index in [0.29, 0.717) is 12.6 Å². The number of likely N-dealkylation sites (N-methyl/N-ethyl adjacent to an activating group) is 2. The Bertz CT molecular complexity index is 857. The number of thiophene rings is 1. The lowest BCUT2D eigenvalue weighted by Crippen LogP contribution is -2.34. The van der Waals surface area contributed by atoms with Gasteiger partial charge in [0.25, 0.3) is 0 Å². The van der Waals surface area contributed by atoms with E-state index >= 15 is 0 Å². The zero-order valence-corrected chi connectivity index (χ0v) is 14.4. The third-order valence-electron chi connectivity index (χ3n) is 4.92. The zero-order valence-electron chi connectivity index (χ0n) is 13.6. The molecule has 1 saturated heterocycles. The van der Waals surface area contributed by atoms with Gasteiger partial charge in [0.1, 0.15) is 5.82 Å². The summed E-state index contributed by atoms with van der Waals surface area (Å²) >= 11 is 1.80. The summed E-state index contributed by atoms with van der Waals surface area (Å²) in [4.78, 5) is 9.77. The van der Waals surface area contributed by atoms with Crippen molar-refractivity contribution >= 4 is 38.1 Å². The fourth-order valence-corrected chi connectivity index (χ4v) is 4.45. The molecule has 4 rings (SSSR count). The second-order valence-electron chi connectivity index (χ2n) is 6.47. The minimum Gasteiger partial charge on any atom is -0.355 e. The molecular weight excluding hydrogens is 304 g/mol. The maximum absolute atomic E-state index is 5.81. The first-order chi connectivity index (χ1) is 11.2. The second-order valence-corrected chi connectivity index (χ2v) is 7.39. The molecule has 0 bridgehead atoms. The van der Waals surface area contributed by atoms with E-state index < -0.39 is 0 Å². The number of nitrogens with two attached hydrogens (primary N) is 1. The molecule has 1 unspecified atom stereocenters. The average Bonchev–Trinajstić information content (AvgIpc) is 3.21. The zero-order chi connectivity index (χ0) is 16.0. The largest absolute Gasteiger partial charge is 0.355 e. The number of nitrogens with zero attached hydrogens (tertiary/aromatic N) is 3. The van der Waals surface area contributed by atoms with Crippen LogP contribution in [0.15, 0.2) is 29.6 Å². The van der Waals surface area contributed by atoms with Gasteiger partial charge in [0.2, 0.25) is 0 Å². The van der Waals surface area contributed by atoms with E-state index in [4.69, 9.17) is 10.7 Å². The second kappa shape index (κ2) is 5.74. The number of fused-ring (bicyclic) bond motifs is 3. The SMILES string of the molecule is CN1CCC(N(C)c2nc3cc(CN)ccc3c3sccc23)C1. The van der Waals surface area contributed by atoms with E-state index in [0.717, 1.165) is 30.0 Å². The van der Waals surface area contributed by atoms with Crippen LogP contribution in [0, 0.1) is 0 Å². The summed E-state index contributed by atoms with van der Waals surface area (Å²) < 4.78 is 1.33. The molecule has 1 aliphatic rings.